The van der Waals surface area contributed by atoms with E-state index < -0.39 is 0 Å². The van der Waals surface area contributed by atoms with Gasteiger partial charge in [0.25, 0.3) is 0 Å². The summed E-state index contributed by atoms with van der Waals surface area (Å²) < 4.78 is 5.43. The van der Waals surface area contributed by atoms with Crippen LogP contribution in [0.2, 0.25) is 0 Å². The van der Waals surface area contributed by atoms with E-state index in [1.807, 2.05) is 17.9 Å². The summed E-state index contributed by atoms with van der Waals surface area (Å²) in [6.07, 6.45) is 4.75. The standard InChI is InChI=1S/C16H23N3O3/c1-12(13-2-6-17-14(20)10-13)18-15(21)19-7-3-16(11-19)4-8-22-9-5-16/h2,6,10,12H,3-5,7-9,11H2,1H3,(H,17,20)(H,18,21). The zero-order valence-electron chi connectivity index (χ0n) is 12.9. The second kappa shape index (κ2) is 6.12. The first-order valence-electron chi connectivity index (χ1n) is 7.90. The topological polar surface area (TPSA) is 74.4 Å². The smallest absolute Gasteiger partial charge is 0.317 e. The zero-order chi connectivity index (χ0) is 15.6. The maximum absolute atomic E-state index is 12.4. The highest BCUT2D eigenvalue weighted by molar-refractivity contribution is 5.75. The first kappa shape index (κ1) is 15.1. The molecule has 2 aliphatic rings. The van der Waals surface area contributed by atoms with Gasteiger partial charge in [0.05, 0.1) is 6.04 Å². The van der Waals surface area contributed by atoms with Gasteiger partial charge in [0, 0.05) is 38.6 Å². The van der Waals surface area contributed by atoms with E-state index in [0.29, 0.717) is 0 Å². The van der Waals surface area contributed by atoms with Gasteiger partial charge in [-0.25, -0.2) is 4.79 Å². The van der Waals surface area contributed by atoms with E-state index in [1.165, 1.54) is 6.07 Å². The zero-order valence-corrected chi connectivity index (χ0v) is 12.9. The predicted octanol–water partition coefficient (Wildman–Crippen LogP) is 1.65. The van der Waals surface area contributed by atoms with Gasteiger partial charge >= 0.3 is 6.03 Å². The number of urea groups is 1. The summed E-state index contributed by atoms with van der Waals surface area (Å²) in [5, 5.41) is 2.99. The van der Waals surface area contributed by atoms with Crippen LogP contribution in [-0.2, 0) is 4.74 Å². The molecule has 1 atom stereocenters. The molecular formula is C16H23N3O3. The average molecular weight is 305 g/mol. The lowest BCUT2D eigenvalue weighted by Crippen LogP contribution is -2.42. The molecule has 2 fully saturated rings. The molecule has 0 radical (unpaired) electrons. The predicted molar refractivity (Wildman–Crippen MR) is 82.7 cm³/mol. The van der Waals surface area contributed by atoms with Crippen molar-refractivity contribution in [1.29, 1.82) is 0 Å². The minimum atomic E-state index is -0.180. The average Bonchev–Trinajstić information content (AvgIpc) is 2.91. The first-order chi connectivity index (χ1) is 10.6. The molecular weight excluding hydrogens is 282 g/mol. The van der Waals surface area contributed by atoms with Crippen LogP contribution in [0.5, 0.6) is 0 Å². The Morgan fingerprint density at radius 2 is 2.18 bits per heavy atom. The molecule has 22 heavy (non-hydrogen) atoms. The number of likely N-dealkylation sites (tertiary alicyclic amines) is 1. The van der Waals surface area contributed by atoms with Crippen molar-refractivity contribution < 1.29 is 9.53 Å². The lowest BCUT2D eigenvalue weighted by atomic mass is 9.80. The van der Waals surface area contributed by atoms with Crippen molar-refractivity contribution in [3.63, 3.8) is 0 Å². The van der Waals surface area contributed by atoms with E-state index in [4.69, 9.17) is 4.74 Å². The lowest BCUT2D eigenvalue weighted by Gasteiger charge is -2.33. The fourth-order valence-electron chi connectivity index (χ4n) is 3.41. The molecule has 2 N–H and O–H groups in total. The second-order valence-corrected chi connectivity index (χ2v) is 6.44. The summed E-state index contributed by atoms with van der Waals surface area (Å²) in [4.78, 5) is 28.3. The van der Waals surface area contributed by atoms with Crippen LogP contribution in [0.4, 0.5) is 4.79 Å². The number of carbonyl (C=O) groups excluding carboxylic acids is 1. The number of nitrogens with one attached hydrogen (secondary N) is 2. The van der Waals surface area contributed by atoms with Crippen LogP contribution in [0.3, 0.4) is 0 Å². The molecule has 3 rings (SSSR count). The monoisotopic (exact) mass is 305 g/mol. The fraction of sp³-hybridized carbons (Fsp3) is 0.625. The number of aromatic nitrogens is 1. The maximum Gasteiger partial charge on any atom is 0.317 e. The molecule has 0 aliphatic carbocycles. The fourth-order valence-corrected chi connectivity index (χ4v) is 3.41. The summed E-state index contributed by atoms with van der Waals surface area (Å²) in [6, 6.07) is 3.11. The number of pyridine rings is 1. The number of nitrogens with zero attached hydrogens (tertiary/aromatic N) is 1. The highest BCUT2D eigenvalue weighted by atomic mass is 16.5. The molecule has 0 saturated carbocycles. The van der Waals surface area contributed by atoms with Crippen molar-refractivity contribution in [2.75, 3.05) is 26.3 Å². The Morgan fingerprint density at radius 1 is 1.41 bits per heavy atom. The molecule has 1 aromatic rings. The van der Waals surface area contributed by atoms with E-state index in [1.54, 1.807) is 6.20 Å². The van der Waals surface area contributed by atoms with Gasteiger partial charge in [0.1, 0.15) is 0 Å². The Bertz CT molecular complexity index is 592. The normalized spacial score (nSPS) is 21.8. The Balaban J connectivity index is 1.59. The summed E-state index contributed by atoms with van der Waals surface area (Å²) >= 11 is 0. The van der Waals surface area contributed by atoms with Gasteiger partial charge in [-0.15, -0.1) is 0 Å². The Hall–Kier alpha value is -1.82. The van der Waals surface area contributed by atoms with Gasteiger partial charge in [-0.3, -0.25) is 4.79 Å². The Labute approximate surface area is 129 Å². The number of hydrogen-bond acceptors (Lipinski definition) is 3. The Kier molecular flexibility index (Phi) is 4.20. The Morgan fingerprint density at radius 3 is 2.91 bits per heavy atom. The van der Waals surface area contributed by atoms with Crippen LogP contribution in [-0.4, -0.2) is 42.2 Å². The summed E-state index contributed by atoms with van der Waals surface area (Å²) in [7, 11) is 0. The number of ether oxygens (including phenoxy) is 1. The molecule has 2 aliphatic heterocycles. The SMILES string of the molecule is CC(NC(=O)N1CCC2(CCOCC2)C1)c1cc[nH]c(=O)c1. The highest BCUT2D eigenvalue weighted by Gasteiger charge is 2.41. The molecule has 3 heterocycles. The van der Waals surface area contributed by atoms with Crippen molar-refractivity contribution in [1.82, 2.24) is 15.2 Å². The first-order valence-corrected chi connectivity index (χ1v) is 7.90. The van der Waals surface area contributed by atoms with E-state index in [2.05, 4.69) is 10.3 Å². The van der Waals surface area contributed by atoms with Crippen LogP contribution >= 0.6 is 0 Å². The molecule has 0 aromatic carbocycles. The van der Waals surface area contributed by atoms with Gasteiger partial charge in [-0.1, -0.05) is 0 Å². The van der Waals surface area contributed by atoms with Gasteiger partial charge in [-0.05, 0) is 43.2 Å². The largest absolute Gasteiger partial charge is 0.381 e. The summed E-state index contributed by atoms with van der Waals surface area (Å²) in [5.41, 5.74) is 0.918. The summed E-state index contributed by atoms with van der Waals surface area (Å²) in [5.74, 6) is 0. The van der Waals surface area contributed by atoms with Gasteiger partial charge in [0.2, 0.25) is 5.56 Å². The molecule has 6 nitrogen and oxygen atoms in total. The van der Waals surface area contributed by atoms with Crippen molar-refractivity contribution in [3.8, 4) is 0 Å². The van der Waals surface area contributed by atoms with Crippen molar-refractivity contribution >= 4 is 6.03 Å². The third-order valence-electron chi connectivity index (χ3n) is 4.92. The van der Waals surface area contributed by atoms with Gasteiger partial charge in [0.15, 0.2) is 0 Å². The number of amides is 2. The van der Waals surface area contributed by atoms with Crippen LogP contribution in [0.25, 0.3) is 0 Å². The highest BCUT2D eigenvalue weighted by Crippen LogP contribution is 2.39. The number of H-pyrrole nitrogens is 1. The lowest BCUT2D eigenvalue weighted by molar-refractivity contribution is 0.0208. The van der Waals surface area contributed by atoms with Crippen LogP contribution in [0, 0.1) is 5.41 Å². The van der Waals surface area contributed by atoms with Crippen molar-refractivity contribution in [2.45, 2.75) is 32.2 Å². The molecule has 2 amide bonds. The quantitative estimate of drug-likeness (QED) is 0.872. The number of rotatable bonds is 2. The van der Waals surface area contributed by atoms with E-state index in [0.717, 1.165) is 51.1 Å². The van der Waals surface area contributed by atoms with Crippen molar-refractivity contribution in [3.05, 3.63) is 34.2 Å². The second-order valence-electron chi connectivity index (χ2n) is 6.44. The molecule has 1 unspecified atom stereocenters. The summed E-state index contributed by atoms with van der Waals surface area (Å²) in [6.45, 7) is 5.11. The third kappa shape index (κ3) is 3.16. The van der Waals surface area contributed by atoms with E-state index >= 15 is 0 Å². The molecule has 1 aromatic heterocycles. The van der Waals surface area contributed by atoms with E-state index in [9.17, 15) is 9.59 Å². The van der Waals surface area contributed by atoms with Crippen LogP contribution < -0.4 is 10.9 Å². The molecule has 2 saturated heterocycles. The maximum atomic E-state index is 12.4. The van der Waals surface area contributed by atoms with Crippen LogP contribution in [0.1, 0.15) is 37.8 Å². The van der Waals surface area contributed by atoms with Crippen LogP contribution in [0.15, 0.2) is 23.1 Å². The third-order valence-corrected chi connectivity index (χ3v) is 4.92. The number of carbonyl (C=O) groups is 1. The molecule has 6 heteroatoms. The molecule has 120 valence electrons. The molecule has 0 bridgehead atoms. The minimum absolute atomic E-state index is 0.0452. The number of aromatic amines is 1. The van der Waals surface area contributed by atoms with Crippen molar-refractivity contribution in [2.24, 2.45) is 5.41 Å². The van der Waals surface area contributed by atoms with E-state index in [-0.39, 0.29) is 23.0 Å². The molecule has 1 spiro atoms. The minimum Gasteiger partial charge on any atom is -0.381 e. The van der Waals surface area contributed by atoms with Gasteiger partial charge < -0.3 is 19.9 Å². The van der Waals surface area contributed by atoms with Gasteiger partial charge in [-0.2, -0.15) is 0 Å². The number of hydrogen-bond donors (Lipinski definition) is 2.